The average molecular weight is 341 g/mol. The molecule has 0 radical (unpaired) electrons. The highest BCUT2D eigenvalue weighted by Gasteiger charge is 2.24. The molecular weight excluding hydrogens is 323 g/mol. The van der Waals surface area contributed by atoms with Crippen LogP contribution in [0.4, 0.5) is 4.39 Å². The number of aromatic nitrogens is 3. The Labute approximate surface area is 126 Å². The van der Waals surface area contributed by atoms with Crippen molar-refractivity contribution in [1.29, 1.82) is 0 Å². The van der Waals surface area contributed by atoms with Crippen molar-refractivity contribution in [1.82, 2.24) is 20.3 Å². The largest absolute Gasteiger partial charge is 0.305 e. The lowest BCUT2D eigenvalue weighted by atomic mass is 10.0. The van der Waals surface area contributed by atoms with Crippen LogP contribution in [-0.2, 0) is 7.05 Å². The Kier molecular flexibility index (Phi) is 4.88. The lowest BCUT2D eigenvalue weighted by molar-refractivity contribution is 0.517. The van der Waals surface area contributed by atoms with E-state index in [1.54, 1.807) is 17.8 Å². The molecule has 0 spiro atoms. The Morgan fingerprint density at radius 1 is 1.45 bits per heavy atom. The molecule has 108 valence electrons. The summed E-state index contributed by atoms with van der Waals surface area (Å²) in [5.41, 5.74) is 2.33. The van der Waals surface area contributed by atoms with Crippen molar-refractivity contribution >= 4 is 15.9 Å². The van der Waals surface area contributed by atoms with Gasteiger partial charge in [0.15, 0.2) is 4.60 Å². The van der Waals surface area contributed by atoms with E-state index in [2.05, 4.69) is 38.5 Å². The molecular formula is C14H18BrFN4. The zero-order valence-corrected chi connectivity index (χ0v) is 13.4. The van der Waals surface area contributed by atoms with E-state index in [1.807, 2.05) is 19.1 Å². The highest BCUT2D eigenvalue weighted by Crippen LogP contribution is 2.28. The van der Waals surface area contributed by atoms with Crippen LogP contribution in [0.1, 0.15) is 36.2 Å². The minimum Gasteiger partial charge on any atom is -0.305 e. The van der Waals surface area contributed by atoms with Gasteiger partial charge in [-0.1, -0.05) is 24.3 Å². The zero-order valence-electron chi connectivity index (χ0n) is 11.8. The van der Waals surface area contributed by atoms with Crippen LogP contribution in [0.25, 0.3) is 0 Å². The van der Waals surface area contributed by atoms with Crippen molar-refractivity contribution < 1.29 is 4.39 Å². The molecule has 0 aliphatic heterocycles. The van der Waals surface area contributed by atoms with E-state index in [-0.39, 0.29) is 11.9 Å². The molecule has 1 N–H and O–H groups in total. The van der Waals surface area contributed by atoms with Crippen molar-refractivity contribution in [3.8, 4) is 0 Å². The molecule has 1 aromatic heterocycles. The fraction of sp³-hybridized carbons (Fsp3) is 0.429. The summed E-state index contributed by atoms with van der Waals surface area (Å²) in [5.74, 6) is -0.216. The van der Waals surface area contributed by atoms with E-state index in [0.717, 1.165) is 24.2 Å². The van der Waals surface area contributed by atoms with Gasteiger partial charge in [0.2, 0.25) is 0 Å². The van der Waals surface area contributed by atoms with Crippen LogP contribution >= 0.6 is 15.9 Å². The SMILES string of the molecule is CCCNC(c1ccc(C)cc1F)c1c(Br)nnn1C. The van der Waals surface area contributed by atoms with E-state index in [4.69, 9.17) is 0 Å². The second-order valence-corrected chi connectivity index (χ2v) is 5.55. The number of halogens is 2. The van der Waals surface area contributed by atoms with Crippen LogP contribution in [0.15, 0.2) is 22.8 Å². The van der Waals surface area contributed by atoms with Gasteiger partial charge in [-0.15, -0.1) is 5.10 Å². The van der Waals surface area contributed by atoms with Crippen LogP contribution in [0.5, 0.6) is 0 Å². The third-order valence-electron chi connectivity index (χ3n) is 3.17. The zero-order chi connectivity index (χ0) is 14.7. The van der Waals surface area contributed by atoms with E-state index in [1.165, 1.54) is 0 Å². The van der Waals surface area contributed by atoms with Gasteiger partial charge in [0.25, 0.3) is 0 Å². The first-order valence-electron chi connectivity index (χ1n) is 6.59. The Balaban J connectivity index is 2.47. The minimum atomic E-state index is -0.273. The smallest absolute Gasteiger partial charge is 0.153 e. The Bertz CT molecular complexity index is 577. The van der Waals surface area contributed by atoms with E-state index in [9.17, 15) is 4.39 Å². The quantitative estimate of drug-likeness (QED) is 0.909. The van der Waals surface area contributed by atoms with Gasteiger partial charge in [0.1, 0.15) is 5.82 Å². The van der Waals surface area contributed by atoms with Gasteiger partial charge in [-0.05, 0) is 47.4 Å². The molecule has 1 aromatic carbocycles. The van der Waals surface area contributed by atoms with Gasteiger partial charge >= 0.3 is 0 Å². The van der Waals surface area contributed by atoms with Crippen LogP contribution in [-0.4, -0.2) is 21.5 Å². The highest BCUT2D eigenvalue weighted by atomic mass is 79.9. The first-order valence-corrected chi connectivity index (χ1v) is 7.38. The molecule has 0 fully saturated rings. The molecule has 6 heteroatoms. The summed E-state index contributed by atoms with van der Waals surface area (Å²) < 4.78 is 16.6. The predicted molar refractivity (Wildman–Crippen MR) is 80.0 cm³/mol. The van der Waals surface area contributed by atoms with E-state index in [0.29, 0.717) is 10.2 Å². The standard InChI is InChI=1S/C14H18BrFN4/c1-4-7-17-12(13-14(15)18-19-20(13)3)10-6-5-9(2)8-11(10)16/h5-6,8,12,17H,4,7H2,1-3H3. The van der Waals surface area contributed by atoms with Crippen LogP contribution in [0.3, 0.4) is 0 Å². The normalized spacial score (nSPS) is 12.7. The Hall–Kier alpha value is -1.27. The van der Waals surface area contributed by atoms with E-state index >= 15 is 0 Å². The monoisotopic (exact) mass is 340 g/mol. The van der Waals surface area contributed by atoms with Gasteiger partial charge in [0, 0.05) is 12.6 Å². The first kappa shape index (κ1) is 15.1. The van der Waals surface area contributed by atoms with Crippen LogP contribution in [0.2, 0.25) is 0 Å². The molecule has 0 amide bonds. The van der Waals surface area contributed by atoms with Gasteiger partial charge in [-0.25, -0.2) is 9.07 Å². The van der Waals surface area contributed by atoms with Crippen molar-refractivity contribution in [2.24, 2.45) is 7.05 Å². The molecule has 0 bridgehead atoms. The molecule has 1 heterocycles. The lowest BCUT2D eigenvalue weighted by Gasteiger charge is -2.20. The number of hydrogen-bond donors (Lipinski definition) is 1. The molecule has 0 saturated carbocycles. The fourth-order valence-corrected chi connectivity index (χ4v) is 2.71. The van der Waals surface area contributed by atoms with Gasteiger partial charge in [-0.2, -0.15) is 0 Å². The third-order valence-corrected chi connectivity index (χ3v) is 3.73. The van der Waals surface area contributed by atoms with Crippen molar-refractivity contribution in [3.05, 3.63) is 45.4 Å². The molecule has 0 aliphatic carbocycles. The van der Waals surface area contributed by atoms with Crippen molar-refractivity contribution in [2.75, 3.05) is 6.54 Å². The summed E-state index contributed by atoms with van der Waals surface area (Å²) in [4.78, 5) is 0. The highest BCUT2D eigenvalue weighted by molar-refractivity contribution is 9.10. The third kappa shape index (κ3) is 3.07. The number of nitrogens with one attached hydrogen (secondary N) is 1. The first-order chi connectivity index (χ1) is 9.54. The minimum absolute atomic E-state index is 0.216. The van der Waals surface area contributed by atoms with Crippen molar-refractivity contribution in [3.63, 3.8) is 0 Å². The predicted octanol–water partition coefficient (Wildman–Crippen LogP) is 3.11. The maximum absolute atomic E-state index is 14.3. The molecule has 4 nitrogen and oxygen atoms in total. The topological polar surface area (TPSA) is 42.7 Å². The Morgan fingerprint density at radius 3 is 2.75 bits per heavy atom. The fourth-order valence-electron chi connectivity index (χ4n) is 2.15. The van der Waals surface area contributed by atoms with E-state index < -0.39 is 0 Å². The molecule has 1 unspecified atom stereocenters. The molecule has 20 heavy (non-hydrogen) atoms. The van der Waals surface area contributed by atoms with Crippen LogP contribution < -0.4 is 5.32 Å². The number of benzene rings is 1. The average Bonchev–Trinajstić information content (AvgIpc) is 2.72. The maximum Gasteiger partial charge on any atom is 0.153 e. The number of aryl methyl sites for hydroxylation is 2. The summed E-state index contributed by atoms with van der Waals surface area (Å²) in [6, 6.07) is 5.01. The molecule has 2 rings (SSSR count). The summed E-state index contributed by atoms with van der Waals surface area (Å²) in [7, 11) is 1.81. The van der Waals surface area contributed by atoms with Crippen LogP contribution in [0, 0.1) is 12.7 Å². The lowest BCUT2D eigenvalue weighted by Crippen LogP contribution is -2.26. The number of rotatable bonds is 5. The summed E-state index contributed by atoms with van der Waals surface area (Å²) in [6.07, 6.45) is 0.965. The molecule has 0 saturated heterocycles. The second kappa shape index (κ2) is 6.45. The number of hydrogen-bond acceptors (Lipinski definition) is 3. The molecule has 1 atom stereocenters. The Morgan fingerprint density at radius 2 is 2.20 bits per heavy atom. The second-order valence-electron chi connectivity index (χ2n) is 4.80. The van der Waals surface area contributed by atoms with Gasteiger partial charge < -0.3 is 5.32 Å². The summed E-state index contributed by atoms with van der Waals surface area (Å²) in [5, 5.41) is 11.3. The van der Waals surface area contributed by atoms with Gasteiger partial charge in [-0.3, -0.25) is 0 Å². The summed E-state index contributed by atoms with van der Waals surface area (Å²) >= 11 is 3.39. The van der Waals surface area contributed by atoms with Gasteiger partial charge in [0.05, 0.1) is 11.7 Å². The van der Waals surface area contributed by atoms with Crippen molar-refractivity contribution in [2.45, 2.75) is 26.3 Å². The number of nitrogens with zero attached hydrogens (tertiary/aromatic N) is 3. The maximum atomic E-state index is 14.3. The molecule has 2 aromatic rings. The molecule has 0 aliphatic rings. The summed E-state index contributed by atoms with van der Waals surface area (Å²) in [6.45, 7) is 4.74.